The zero-order valence-electron chi connectivity index (χ0n) is 21.5. The van der Waals surface area contributed by atoms with Gasteiger partial charge in [-0.25, -0.2) is 8.42 Å². The highest BCUT2D eigenvalue weighted by Gasteiger charge is 2.37. The van der Waals surface area contributed by atoms with Gasteiger partial charge in [-0.3, -0.25) is 4.79 Å². The fourth-order valence-electron chi connectivity index (χ4n) is 5.10. The highest BCUT2D eigenvalue weighted by molar-refractivity contribution is 7.89. The Bertz CT molecular complexity index is 1210. The Morgan fingerprint density at radius 2 is 1.78 bits per heavy atom. The number of piperazine rings is 1. The number of hydrogen-bond acceptors (Lipinski definition) is 5. The van der Waals surface area contributed by atoms with Gasteiger partial charge in [0, 0.05) is 50.0 Å². The lowest BCUT2D eigenvalue weighted by Gasteiger charge is -2.40. The van der Waals surface area contributed by atoms with Crippen molar-refractivity contribution in [3.8, 4) is 5.75 Å². The number of sulfonamides is 1. The van der Waals surface area contributed by atoms with Crippen LogP contribution in [-0.2, 0) is 14.8 Å². The van der Waals surface area contributed by atoms with Gasteiger partial charge in [-0.15, -0.1) is 0 Å². The minimum absolute atomic E-state index is 0.0419. The predicted molar refractivity (Wildman–Crippen MR) is 144 cm³/mol. The summed E-state index contributed by atoms with van der Waals surface area (Å²) in [5.41, 5.74) is 3.19. The molecule has 0 N–H and O–H groups in total. The molecule has 0 saturated carbocycles. The Labute approximate surface area is 220 Å². The quantitative estimate of drug-likeness (QED) is 0.545. The van der Waals surface area contributed by atoms with Crippen LogP contribution in [-0.4, -0.2) is 69.9 Å². The first-order chi connectivity index (χ1) is 17.1. The molecule has 0 unspecified atom stereocenters. The Morgan fingerprint density at radius 1 is 1.06 bits per heavy atom. The van der Waals surface area contributed by atoms with Gasteiger partial charge in [-0.05, 0) is 61.1 Å². The molecule has 2 aliphatic rings. The summed E-state index contributed by atoms with van der Waals surface area (Å²) in [6.07, 6.45) is 1.35. The minimum atomic E-state index is -3.79. The number of piperidine rings is 1. The molecule has 1 amide bonds. The number of ether oxygens (including phenoxy) is 1. The maximum absolute atomic E-state index is 13.6. The van der Waals surface area contributed by atoms with E-state index in [1.54, 1.807) is 12.1 Å². The van der Waals surface area contributed by atoms with E-state index in [0.717, 1.165) is 29.9 Å². The lowest BCUT2D eigenvalue weighted by atomic mass is 9.97. The maximum Gasteiger partial charge on any atom is 0.246 e. The van der Waals surface area contributed by atoms with Crippen molar-refractivity contribution < 1.29 is 17.9 Å². The molecule has 2 heterocycles. The van der Waals surface area contributed by atoms with Gasteiger partial charge in [0.15, 0.2) is 0 Å². The van der Waals surface area contributed by atoms with E-state index >= 15 is 0 Å². The zero-order valence-corrected chi connectivity index (χ0v) is 23.1. The zero-order chi connectivity index (χ0) is 26.0. The van der Waals surface area contributed by atoms with Crippen molar-refractivity contribution in [2.75, 3.05) is 51.3 Å². The Hall–Kier alpha value is -2.29. The summed E-state index contributed by atoms with van der Waals surface area (Å²) in [6, 6.07) is 11.2. The van der Waals surface area contributed by atoms with Crippen molar-refractivity contribution in [1.29, 1.82) is 0 Å². The summed E-state index contributed by atoms with van der Waals surface area (Å²) < 4.78 is 34.2. The number of methoxy groups -OCH3 is 1. The van der Waals surface area contributed by atoms with Gasteiger partial charge in [0.2, 0.25) is 15.9 Å². The molecule has 2 aliphatic heterocycles. The highest BCUT2D eigenvalue weighted by Crippen LogP contribution is 2.33. The van der Waals surface area contributed by atoms with Gasteiger partial charge in [0.05, 0.1) is 13.0 Å². The van der Waals surface area contributed by atoms with E-state index in [9.17, 15) is 13.2 Å². The number of halogens is 1. The third-order valence-electron chi connectivity index (χ3n) is 7.31. The van der Waals surface area contributed by atoms with E-state index in [0.29, 0.717) is 43.2 Å². The monoisotopic (exact) mass is 533 g/mol. The highest BCUT2D eigenvalue weighted by atomic mass is 35.5. The standard InChI is InChI=1S/C27H36ClN3O4S/c1-19(2)21-8-10-25(35-4)26(16-21)36(33,34)31-11-5-6-22(18-31)27(32)30-14-12-29(13-15-30)24-17-23(28)9-7-20(24)3/h7-10,16-17,19,22H,5-6,11-15,18H2,1-4H3/t22-/m0/s1. The molecule has 36 heavy (non-hydrogen) atoms. The first kappa shape index (κ1) is 26.8. The van der Waals surface area contributed by atoms with Crippen LogP contribution in [0.5, 0.6) is 5.75 Å². The second-order valence-corrected chi connectivity index (χ2v) is 12.4. The average molecular weight is 534 g/mol. The summed E-state index contributed by atoms with van der Waals surface area (Å²) >= 11 is 6.20. The van der Waals surface area contributed by atoms with Crippen molar-refractivity contribution in [3.63, 3.8) is 0 Å². The first-order valence-corrected chi connectivity index (χ1v) is 14.4. The number of aryl methyl sites for hydroxylation is 1. The van der Waals surface area contributed by atoms with Crippen LogP contribution in [0.25, 0.3) is 0 Å². The van der Waals surface area contributed by atoms with Gasteiger partial charge in [0.25, 0.3) is 0 Å². The van der Waals surface area contributed by atoms with Crippen molar-refractivity contribution in [2.45, 2.75) is 44.4 Å². The van der Waals surface area contributed by atoms with Crippen LogP contribution in [0.3, 0.4) is 0 Å². The first-order valence-electron chi connectivity index (χ1n) is 12.6. The second-order valence-electron chi connectivity index (χ2n) is 10.0. The van der Waals surface area contributed by atoms with Crippen LogP contribution in [0, 0.1) is 12.8 Å². The number of carbonyl (C=O) groups is 1. The van der Waals surface area contributed by atoms with E-state index < -0.39 is 10.0 Å². The van der Waals surface area contributed by atoms with Gasteiger partial charge in [-0.2, -0.15) is 4.31 Å². The fourth-order valence-corrected chi connectivity index (χ4v) is 6.99. The fraction of sp³-hybridized carbons (Fsp3) is 0.519. The molecule has 1 atom stereocenters. The van der Waals surface area contributed by atoms with Crippen molar-refractivity contribution in [1.82, 2.24) is 9.21 Å². The molecule has 0 spiro atoms. The molecule has 2 saturated heterocycles. The van der Waals surface area contributed by atoms with Crippen LogP contribution in [0.15, 0.2) is 41.3 Å². The summed E-state index contributed by atoms with van der Waals surface area (Å²) in [4.78, 5) is 17.8. The minimum Gasteiger partial charge on any atom is -0.495 e. The molecule has 0 bridgehead atoms. The number of hydrogen-bond donors (Lipinski definition) is 0. The summed E-state index contributed by atoms with van der Waals surface area (Å²) in [7, 11) is -2.31. The number of rotatable bonds is 6. The van der Waals surface area contributed by atoms with Gasteiger partial charge in [-0.1, -0.05) is 37.6 Å². The molecule has 7 nitrogen and oxygen atoms in total. The normalized spacial score (nSPS) is 19.6. The average Bonchev–Trinajstić information content (AvgIpc) is 2.89. The maximum atomic E-state index is 13.6. The number of amides is 1. The van der Waals surface area contributed by atoms with Gasteiger partial charge in [0.1, 0.15) is 10.6 Å². The lowest BCUT2D eigenvalue weighted by molar-refractivity contribution is -0.137. The molecule has 2 aromatic rings. The van der Waals surface area contributed by atoms with Crippen molar-refractivity contribution in [3.05, 3.63) is 52.5 Å². The molecular formula is C27H36ClN3O4S. The smallest absolute Gasteiger partial charge is 0.246 e. The molecule has 0 aliphatic carbocycles. The molecule has 2 aromatic carbocycles. The van der Waals surface area contributed by atoms with Gasteiger partial charge < -0.3 is 14.5 Å². The van der Waals surface area contributed by atoms with Crippen molar-refractivity contribution in [2.24, 2.45) is 5.92 Å². The predicted octanol–water partition coefficient (Wildman–Crippen LogP) is 4.53. The van der Waals surface area contributed by atoms with Crippen LogP contribution >= 0.6 is 11.6 Å². The van der Waals surface area contributed by atoms with E-state index in [-0.39, 0.29) is 29.2 Å². The van der Waals surface area contributed by atoms with Crippen LogP contribution < -0.4 is 9.64 Å². The number of benzene rings is 2. The van der Waals surface area contributed by atoms with E-state index in [1.807, 2.05) is 43.0 Å². The van der Waals surface area contributed by atoms with E-state index in [1.165, 1.54) is 11.4 Å². The van der Waals surface area contributed by atoms with E-state index in [2.05, 4.69) is 11.8 Å². The van der Waals surface area contributed by atoms with Gasteiger partial charge >= 0.3 is 0 Å². The number of anilines is 1. The molecular weight excluding hydrogens is 498 g/mol. The van der Waals surface area contributed by atoms with E-state index in [4.69, 9.17) is 16.3 Å². The van der Waals surface area contributed by atoms with Crippen LogP contribution in [0.1, 0.15) is 43.7 Å². The Balaban J connectivity index is 1.45. The van der Waals surface area contributed by atoms with Crippen LogP contribution in [0.4, 0.5) is 5.69 Å². The number of carbonyl (C=O) groups excluding carboxylic acids is 1. The molecule has 4 rings (SSSR count). The van der Waals surface area contributed by atoms with Crippen molar-refractivity contribution >= 4 is 33.2 Å². The summed E-state index contributed by atoms with van der Waals surface area (Å²) in [5.74, 6) is 0.225. The molecule has 2 fully saturated rings. The lowest BCUT2D eigenvalue weighted by Crippen LogP contribution is -2.53. The largest absolute Gasteiger partial charge is 0.495 e. The molecule has 0 radical (unpaired) electrons. The molecule has 196 valence electrons. The SMILES string of the molecule is COc1ccc(C(C)C)cc1S(=O)(=O)N1CCC[C@H](C(=O)N2CCN(c3cc(Cl)ccc3C)CC2)C1. The topological polar surface area (TPSA) is 70.2 Å². The summed E-state index contributed by atoms with van der Waals surface area (Å²) in [6.45, 7) is 9.39. The number of nitrogens with zero attached hydrogens (tertiary/aromatic N) is 3. The second kappa shape index (κ2) is 11.0. The summed E-state index contributed by atoms with van der Waals surface area (Å²) in [5, 5.41) is 0.702. The Kier molecular flexibility index (Phi) is 8.17. The molecule has 0 aromatic heterocycles. The van der Waals surface area contributed by atoms with Crippen LogP contribution in [0.2, 0.25) is 5.02 Å². The molecule has 9 heteroatoms. The third-order valence-corrected chi connectivity index (χ3v) is 9.43. The third kappa shape index (κ3) is 5.50. The Morgan fingerprint density at radius 3 is 2.44 bits per heavy atom.